The molecule has 0 atom stereocenters. The van der Waals surface area contributed by atoms with Crippen molar-refractivity contribution in [2.24, 2.45) is 0 Å². The number of hydrogen-bond acceptors (Lipinski definition) is 4. The Kier molecular flexibility index (Phi) is 4.28. The van der Waals surface area contributed by atoms with E-state index in [0.29, 0.717) is 22.6 Å². The second-order valence-electron chi connectivity index (χ2n) is 6.83. The quantitative estimate of drug-likeness (QED) is 0.540. The van der Waals surface area contributed by atoms with E-state index in [1.165, 1.54) is 6.07 Å². The average Bonchev–Trinajstić information content (AvgIpc) is 3.09. The van der Waals surface area contributed by atoms with E-state index in [1.807, 2.05) is 36.4 Å². The van der Waals surface area contributed by atoms with E-state index in [-0.39, 0.29) is 18.2 Å². The second-order valence-corrected chi connectivity index (χ2v) is 6.83. The minimum atomic E-state index is -0.437. The Balaban J connectivity index is 1.63. The standard InChI is InChI=1S/C22H19NO4/c1-13(2)14-7-8-19-17(9-14)16(11-21(24)27-19)12-23-22(25)20-10-15-5-3-4-6-18(15)26-20/h3-11,13H,12H2,1-2H3,(H,23,25). The molecule has 1 amide bonds. The largest absolute Gasteiger partial charge is 0.451 e. The van der Waals surface area contributed by atoms with Crippen LogP contribution in [0.4, 0.5) is 0 Å². The molecular weight excluding hydrogens is 342 g/mol. The van der Waals surface area contributed by atoms with Crippen molar-refractivity contribution in [3.05, 3.63) is 81.9 Å². The van der Waals surface area contributed by atoms with Crippen LogP contribution in [0.15, 0.2) is 68.2 Å². The van der Waals surface area contributed by atoms with Crippen molar-refractivity contribution in [3.63, 3.8) is 0 Å². The summed E-state index contributed by atoms with van der Waals surface area (Å²) in [7, 11) is 0. The Labute approximate surface area is 155 Å². The lowest BCUT2D eigenvalue weighted by Crippen LogP contribution is -2.23. The van der Waals surface area contributed by atoms with Gasteiger partial charge >= 0.3 is 5.63 Å². The summed E-state index contributed by atoms with van der Waals surface area (Å²) < 4.78 is 10.9. The molecule has 0 aliphatic heterocycles. The molecule has 0 spiro atoms. The van der Waals surface area contributed by atoms with E-state index >= 15 is 0 Å². The Morgan fingerprint density at radius 1 is 1.00 bits per heavy atom. The number of carbonyl (C=O) groups excluding carboxylic acids is 1. The van der Waals surface area contributed by atoms with Gasteiger partial charge in [0.1, 0.15) is 11.2 Å². The van der Waals surface area contributed by atoms with Crippen molar-refractivity contribution in [3.8, 4) is 0 Å². The highest BCUT2D eigenvalue weighted by atomic mass is 16.4. The van der Waals surface area contributed by atoms with Crippen LogP contribution >= 0.6 is 0 Å². The van der Waals surface area contributed by atoms with Crippen LogP contribution in [0.3, 0.4) is 0 Å². The zero-order valence-corrected chi connectivity index (χ0v) is 15.1. The molecule has 4 aromatic rings. The molecule has 2 aromatic carbocycles. The van der Waals surface area contributed by atoms with E-state index in [4.69, 9.17) is 8.83 Å². The van der Waals surface area contributed by atoms with Gasteiger partial charge in [-0.1, -0.05) is 38.1 Å². The van der Waals surface area contributed by atoms with Gasteiger partial charge in [-0.3, -0.25) is 4.79 Å². The Morgan fingerprint density at radius 2 is 1.81 bits per heavy atom. The maximum absolute atomic E-state index is 12.5. The average molecular weight is 361 g/mol. The molecule has 2 aromatic heterocycles. The maximum Gasteiger partial charge on any atom is 0.336 e. The zero-order valence-electron chi connectivity index (χ0n) is 15.1. The first-order valence-electron chi connectivity index (χ1n) is 8.85. The monoisotopic (exact) mass is 361 g/mol. The summed E-state index contributed by atoms with van der Waals surface area (Å²) in [5.41, 5.74) is 2.59. The van der Waals surface area contributed by atoms with Gasteiger partial charge in [0.2, 0.25) is 0 Å². The van der Waals surface area contributed by atoms with Crippen LogP contribution in [-0.4, -0.2) is 5.91 Å². The van der Waals surface area contributed by atoms with Crippen molar-refractivity contribution >= 4 is 27.8 Å². The Bertz CT molecular complexity index is 1170. The fourth-order valence-corrected chi connectivity index (χ4v) is 3.11. The molecule has 0 unspecified atom stereocenters. The predicted octanol–water partition coefficient (Wildman–Crippen LogP) is 4.59. The number of carbonyl (C=O) groups is 1. The van der Waals surface area contributed by atoms with Gasteiger partial charge in [-0.05, 0) is 41.3 Å². The fourth-order valence-electron chi connectivity index (χ4n) is 3.11. The fraction of sp³-hybridized carbons (Fsp3) is 0.182. The van der Waals surface area contributed by atoms with Gasteiger partial charge in [-0.25, -0.2) is 4.79 Å². The summed E-state index contributed by atoms with van der Waals surface area (Å²) in [6.45, 7) is 4.41. The molecule has 4 rings (SSSR count). The van der Waals surface area contributed by atoms with Crippen LogP contribution in [0.1, 0.15) is 41.4 Å². The van der Waals surface area contributed by atoms with Crippen LogP contribution < -0.4 is 10.9 Å². The minimum absolute atomic E-state index is 0.208. The Morgan fingerprint density at radius 3 is 2.59 bits per heavy atom. The summed E-state index contributed by atoms with van der Waals surface area (Å²) in [5, 5.41) is 4.53. The van der Waals surface area contributed by atoms with Gasteiger partial charge in [-0.2, -0.15) is 0 Å². The number of furan rings is 1. The van der Waals surface area contributed by atoms with Crippen LogP contribution in [0.5, 0.6) is 0 Å². The number of nitrogens with one attached hydrogen (secondary N) is 1. The molecule has 2 heterocycles. The molecule has 0 saturated carbocycles. The maximum atomic E-state index is 12.5. The highest BCUT2D eigenvalue weighted by Gasteiger charge is 2.14. The first-order chi connectivity index (χ1) is 13.0. The van der Waals surface area contributed by atoms with Crippen LogP contribution in [-0.2, 0) is 6.54 Å². The SMILES string of the molecule is CC(C)c1ccc2oc(=O)cc(CNC(=O)c3cc4ccccc4o3)c2c1. The number of hydrogen-bond donors (Lipinski definition) is 1. The van der Waals surface area contributed by atoms with Gasteiger partial charge in [-0.15, -0.1) is 0 Å². The van der Waals surface area contributed by atoms with E-state index in [1.54, 1.807) is 12.1 Å². The van der Waals surface area contributed by atoms with Crippen molar-refractivity contribution in [2.75, 3.05) is 0 Å². The summed E-state index contributed by atoms with van der Waals surface area (Å²) in [4.78, 5) is 24.3. The first-order valence-corrected chi connectivity index (χ1v) is 8.85. The van der Waals surface area contributed by atoms with Crippen molar-refractivity contribution in [1.29, 1.82) is 0 Å². The molecule has 5 heteroatoms. The Hall–Kier alpha value is -3.34. The number of fused-ring (bicyclic) bond motifs is 2. The third-order valence-electron chi connectivity index (χ3n) is 4.61. The lowest BCUT2D eigenvalue weighted by atomic mass is 9.99. The zero-order chi connectivity index (χ0) is 19.0. The van der Waals surface area contributed by atoms with Crippen molar-refractivity contribution in [2.45, 2.75) is 26.3 Å². The molecule has 0 bridgehead atoms. The summed E-state index contributed by atoms with van der Waals surface area (Å²) in [6.07, 6.45) is 0. The van der Waals surface area contributed by atoms with Crippen molar-refractivity contribution < 1.29 is 13.6 Å². The van der Waals surface area contributed by atoms with Crippen LogP contribution in [0, 0.1) is 0 Å². The number of amides is 1. The van der Waals surface area contributed by atoms with E-state index < -0.39 is 5.63 Å². The third-order valence-corrected chi connectivity index (χ3v) is 4.61. The van der Waals surface area contributed by atoms with Crippen molar-refractivity contribution in [1.82, 2.24) is 5.32 Å². The van der Waals surface area contributed by atoms with E-state index in [9.17, 15) is 9.59 Å². The lowest BCUT2D eigenvalue weighted by molar-refractivity contribution is 0.0925. The third kappa shape index (κ3) is 3.36. The number of benzene rings is 2. The van der Waals surface area contributed by atoms with Gasteiger partial charge < -0.3 is 14.2 Å². The molecule has 0 fully saturated rings. The lowest BCUT2D eigenvalue weighted by Gasteiger charge is -2.10. The normalized spacial score (nSPS) is 11.4. The molecule has 0 aliphatic rings. The molecule has 0 saturated heterocycles. The number of rotatable bonds is 4. The van der Waals surface area contributed by atoms with Gasteiger partial charge in [0.05, 0.1) is 0 Å². The summed E-state index contributed by atoms with van der Waals surface area (Å²) in [6, 6.07) is 16.3. The molecule has 0 aliphatic carbocycles. The second kappa shape index (κ2) is 6.76. The molecule has 1 N–H and O–H groups in total. The van der Waals surface area contributed by atoms with E-state index in [0.717, 1.165) is 16.3 Å². The summed E-state index contributed by atoms with van der Waals surface area (Å²) >= 11 is 0. The molecule has 136 valence electrons. The predicted molar refractivity (Wildman–Crippen MR) is 104 cm³/mol. The molecular formula is C22H19NO4. The highest BCUT2D eigenvalue weighted by molar-refractivity contribution is 5.96. The van der Waals surface area contributed by atoms with Crippen LogP contribution in [0.2, 0.25) is 0 Å². The molecule has 27 heavy (non-hydrogen) atoms. The van der Waals surface area contributed by atoms with Gasteiger partial charge in [0.15, 0.2) is 5.76 Å². The first kappa shape index (κ1) is 17.1. The molecule has 0 radical (unpaired) electrons. The van der Waals surface area contributed by atoms with E-state index in [2.05, 4.69) is 19.2 Å². The van der Waals surface area contributed by atoms with Gasteiger partial charge in [0.25, 0.3) is 5.91 Å². The number of para-hydroxylation sites is 1. The summed E-state index contributed by atoms with van der Waals surface area (Å²) in [5.74, 6) is 0.262. The highest BCUT2D eigenvalue weighted by Crippen LogP contribution is 2.23. The smallest absolute Gasteiger partial charge is 0.336 e. The minimum Gasteiger partial charge on any atom is -0.451 e. The van der Waals surface area contributed by atoms with Gasteiger partial charge in [0, 0.05) is 23.4 Å². The van der Waals surface area contributed by atoms with Crippen LogP contribution in [0.25, 0.3) is 21.9 Å². The molecule has 5 nitrogen and oxygen atoms in total. The topological polar surface area (TPSA) is 72.5 Å².